The maximum atomic E-state index is 14.3. The van der Waals surface area contributed by atoms with Gasteiger partial charge in [0, 0.05) is 5.69 Å². The second-order valence-corrected chi connectivity index (χ2v) is 13.0. The molecule has 13 heteroatoms. The van der Waals surface area contributed by atoms with E-state index >= 15 is 0 Å². The number of anilines is 1. The molecule has 1 fully saturated rings. The summed E-state index contributed by atoms with van der Waals surface area (Å²) < 4.78 is 81.9. The topological polar surface area (TPSA) is 114 Å². The first-order valence-corrected chi connectivity index (χ1v) is 15.4. The third kappa shape index (κ3) is 5.73. The zero-order chi connectivity index (χ0) is 30.5. The SMILES string of the molecule is Cc1ccc(NC(=O)C2(c3ccc4c(c3)OCO4)CC2)cc1-c1ccc(S(=O)(=O)NC(C)(CO)CP)cc1C(F)(F)F. The number of ether oxygens (including phenoxy) is 2. The van der Waals surface area contributed by atoms with Crippen LogP contribution in [0.4, 0.5) is 18.9 Å². The number of aryl methyl sites for hydroxylation is 1. The molecule has 3 aromatic rings. The molecule has 224 valence electrons. The molecular weight excluding hydrogens is 592 g/mol. The Morgan fingerprint density at radius 3 is 2.38 bits per heavy atom. The number of halogens is 3. The molecule has 5 rings (SSSR count). The van der Waals surface area contributed by atoms with E-state index in [0.29, 0.717) is 41.7 Å². The molecule has 3 N–H and O–H groups in total. The monoisotopic (exact) mass is 622 g/mol. The van der Waals surface area contributed by atoms with Crippen molar-refractivity contribution in [3.8, 4) is 22.6 Å². The third-order valence-corrected chi connectivity index (χ3v) is 10.2. The van der Waals surface area contributed by atoms with E-state index in [1.807, 2.05) is 6.07 Å². The van der Waals surface area contributed by atoms with E-state index in [9.17, 15) is 31.5 Å². The summed E-state index contributed by atoms with van der Waals surface area (Å²) in [5.41, 5.74) is -1.68. The third-order valence-electron chi connectivity index (χ3n) is 7.68. The van der Waals surface area contributed by atoms with Gasteiger partial charge in [0.25, 0.3) is 0 Å². The molecule has 0 aromatic heterocycles. The molecule has 8 nitrogen and oxygen atoms in total. The first-order chi connectivity index (χ1) is 19.7. The maximum Gasteiger partial charge on any atom is 0.417 e. The average Bonchev–Trinajstić information content (AvgIpc) is 3.63. The van der Waals surface area contributed by atoms with Crippen molar-refractivity contribution in [3.63, 3.8) is 0 Å². The van der Waals surface area contributed by atoms with Gasteiger partial charge in [0.05, 0.1) is 28.0 Å². The van der Waals surface area contributed by atoms with Crippen LogP contribution in [-0.4, -0.2) is 44.5 Å². The van der Waals surface area contributed by atoms with Crippen molar-refractivity contribution in [2.45, 2.75) is 48.7 Å². The van der Waals surface area contributed by atoms with E-state index in [2.05, 4.69) is 19.3 Å². The van der Waals surface area contributed by atoms with Crippen molar-refractivity contribution in [2.75, 3.05) is 24.9 Å². The van der Waals surface area contributed by atoms with Gasteiger partial charge in [-0.25, -0.2) is 13.1 Å². The molecule has 1 aliphatic carbocycles. The summed E-state index contributed by atoms with van der Waals surface area (Å²) >= 11 is 0. The quantitative estimate of drug-likeness (QED) is 0.290. The van der Waals surface area contributed by atoms with Crippen LogP contribution in [0.1, 0.15) is 36.5 Å². The number of nitrogens with one attached hydrogen (secondary N) is 2. The summed E-state index contributed by atoms with van der Waals surface area (Å²) in [5.74, 6) is 0.861. The molecule has 1 saturated carbocycles. The second-order valence-electron chi connectivity index (χ2n) is 10.9. The summed E-state index contributed by atoms with van der Waals surface area (Å²) in [6.07, 6.45) is -3.54. The van der Waals surface area contributed by atoms with E-state index in [1.165, 1.54) is 13.0 Å². The highest BCUT2D eigenvalue weighted by molar-refractivity contribution is 7.89. The van der Waals surface area contributed by atoms with E-state index in [1.54, 1.807) is 31.2 Å². The molecule has 42 heavy (non-hydrogen) atoms. The lowest BCUT2D eigenvalue weighted by molar-refractivity contribution is -0.137. The van der Waals surface area contributed by atoms with Gasteiger partial charge >= 0.3 is 6.18 Å². The predicted octanol–water partition coefficient (Wildman–Crippen LogP) is 4.98. The van der Waals surface area contributed by atoms with Crippen LogP contribution >= 0.6 is 9.24 Å². The first-order valence-electron chi connectivity index (χ1n) is 13.1. The molecular formula is C29H30F3N2O6PS. The first kappa shape index (κ1) is 30.3. The van der Waals surface area contributed by atoms with Crippen LogP contribution in [0.2, 0.25) is 0 Å². The zero-order valence-electron chi connectivity index (χ0n) is 22.8. The molecule has 0 radical (unpaired) electrons. The van der Waals surface area contributed by atoms with Crippen LogP contribution in [0.3, 0.4) is 0 Å². The molecule has 1 amide bonds. The number of aliphatic hydroxyl groups excluding tert-OH is 1. The molecule has 2 atom stereocenters. The Morgan fingerprint density at radius 2 is 1.74 bits per heavy atom. The number of sulfonamides is 1. The molecule has 1 aliphatic heterocycles. The Labute approximate surface area is 243 Å². The summed E-state index contributed by atoms with van der Waals surface area (Å²) in [4.78, 5) is 12.8. The number of hydrogen-bond donors (Lipinski definition) is 3. The Balaban J connectivity index is 1.47. The number of benzene rings is 3. The molecule has 3 aromatic carbocycles. The van der Waals surface area contributed by atoms with Crippen LogP contribution in [0.25, 0.3) is 11.1 Å². The van der Waals surface area contributed by atoms with Gasteiger partial charge in [-0.15, -0.1) is 9.24 Å². The number of rotatable bonds is 9. The normalized spacial score (nSPS) is 17.0. The molecule has 0 bridgehead atoms. The number of aliphatic hydroxyl groups is 1. The van der Waals surface area contributed by atoms with E-state index in [-0.39, 0.29) is 30.0 Å². The number of hydrogen-bond acceptors (Lipinski definition) is 6. The van der Waals surface area contributed by atoms with Crippen molar-refractivity contribution in [1.82, 2.24) is 4.72 Å². The lowest BCUT2D eigenvalue weighted by Crippen LogP contribution is -2.50. The van der Waals surface area contributed by atoms with Gasteiger partial charge in [-0.3, -0.25) is 4.79 Å². The van der Waals surface area contributed by atoms with Gasteiger partial charge in [0.2, 0.25) is 22.7 Å². The highest BCUT2D eigenvalue weighted by Gasteiger charge is 2.51. The Hall–Kier alpha value is -3.18. The average molecular weight is 623 g/mol. The fraction of sp³-hybridized carbons (Fsp3) is 0.345. The highest BCUT2D eigenvalue weighted by Crippen LogP contribution is 2.51. The second kappa shape index (κ2) is 10.8. The van der Waals surface area contributed by atoms with Gasteiger partial charge in [-0.2, -0.15) is 13.2 Å². The van der Waals surface area contributed by atoms with E-state index in [4.69, 9.17) is 9.47 Å². The highest BCUT2D eigenvalue weighted by atomic mass is 32.2. The lowest BCUT2D eigenvalue weighted by atomic mass is 9.93. The number of fused-ring (bicyclic) bond motifs is 1. The van der Waals surface area contributed by atoms with Gasteiger partial charge < -0.3 is 19.9 Å². The van der Waals surface area contributed by atoms with Crippen molar-refractivity contribution < 1.29 is 41.0 Å². The smallest absolute Gasteiger partial charge is 0.417 e. The summed E-state index contributed by atoms with van der Waals surface area (Å²) in [5, 5.41) is 12.4. The standard InChI is InChI=1S/C29H30F3N2O6PS/c1-17-3-5-19(33-26(36)28(9-10-28)18-4-8-24-25(11-18)40-16-39-24)12-22(17)21-7-6-20(13-23(21)29(30,31)32)42(37,38)34-27(2,14-35)15-41/h3-8,11-13,34-35H,9-10,14-16,41H2,1-2H3,(H,33,36). The Morgan fingerprint density at radius 1 is 1.02 bits per heavy atom. The minimum atomic E-state index is -4.88. The minimum Gasteiger partial charge on any atom is -0.454 e. The van der Waals surface area contributed by atoms with Crippen LogP contribution in [0, 0.1) is 6.92 Å². The fourth-order valence-electron chi connectivity index (χ4n) is 4.89. The maximum absolute atomic E-state index is 14.3. The molecule has 0 spiro atoms. The number of carbonyl (C=O) groups is 1. The van der Waals surface area contributed by atoms with Gasteiger partial charge in [0.1, 0.15) is 0 Å². The van der Waals surface area contributed by atoms with Gasteiger partial charge in [-0.1, -0.05) is 18.2 Å². The van der Waals surface area contributed by atoms with Crippen LogP contribution < -0.4 is 19.5 Å². The van der Waals surface area contributed by atoms with Crippen molar-refractivity contribution in [1.29, 1.82) is 0 Å². The van der Waals surface area contributed by atoms with Crippen molar-refractivity contribution in [3.05, 3.63) is 71.3 Å². The van der Waals surface area contributed by atoms with E-state index < -0.39 is 44.2 Å². The molecule has 0 saturated heterocycles. The Kier molecular flexibility index (Phi) is 7.81. The zero-order valence-corrected chi connectivity index (χ0v) is 24.8. The lowest BCUT2D eigenvalue weighted by Gasteiger charge is -2.27. The summed E-state index contributed by atoms with van der Waals surface area (Å²) in [6.45, 7) is 2.63. The van der Waals surface area contributed by atoms with Crippen LogP contribution in [0.5, 0.6) is 11.5 Å². The van der Waals surface area contributed by atoms with E-state index in [0.717, 1.165) is 17.7 Å². The van der Waals surface area contributed by atoms with Crippen LogP contribution in [-0.2, 0) is 26.4 Å². The van der Waals surface area contributed by atoms with Gasteiger partial charge in [0.15, 0.2) is 11.5 Å². The summed E-state index contributed by atoms with van der Waals surface area (Å²) in [6, 6.07) is 12.8. The fourth-order valence-corrected chi connectivity index (χ4v) is 6.70. The predicted molar refractivity (Wildman–Crippen MR) is 154 cm³/mol. The molecule has 2 unspecified atom stereocenters. The number of alkyl halides is 3. The number of amides is 1. The largest absolute Gasteiger partial charge is 0.454 e. The molecule has 1 heterocycles. The Bertz CT molecular complexity index is 1650. The van der Waals surface area contributed by atoms with Crippen molar-refractivity contribution in [2.24, 2.45) is 0 Å². The number of carbonyl (C=O) groups excluding carboxylic acids is 1. The minimum absolute atomic E-state index is 0.105. The summed E-state index contributed by atoms with van der Waals surface area (Å²) in [7, 11) is -2.10. The molecule has 2 aliphatic rings. The van der Waals surface area contributed by atoms with Crippen LogP contribution in [0.15, 0.2) is 59.5 Å². The van der Waals surface area contributed by atoms with Crippen molar-refractivity contribution >= 4 is 30.9 Å². The van der Waals surface area contributed by atoms with Gasteiger partial charge in [-0.05, 0) is 91.5 Å².